The van der Waals surface area contributed by atoms with Crippen LogP contribution in [0.1, 0.15) is 22.8 Å². The highest BCUT2D eigenvalue weighted by Crippen LogP contribution is 2.31. The van der Waals surface area contributed by atoms with Gasteiger partial charge in [0.25, 0.3) is 5.91 Å². The Kier molecular flexibility index (Phi) is 7.39. The van der Waals surface area contributed by atoms with Crippen LogP contribution in [0.3, 0.4) is 0 Å². The van der Waals surface area contributed by atoms with E-state index in [2.05, 4.69) is 22.0 Å². The lowest BCUT2D eigenvalue weighted by molar-refractivity contribution is 0.0643. The molecule has 1 fully saturated rings. The standard InChI is InChI=1S/C27H29N5O3S/c1-3-30-13-15-31(16-14-30)26(33)21-7-4-6-20(18-21)19-36-27-29-28-25(24-8-5-17-35-24)32(27)22-9-11-23(34-2)12-10-22/h4-12,17-18H,3,13-16,19H2,1-2H3. The molecule has 0 saturated carbocycles. The molecule has 1 amide bonds. The summed E-state index contributed by atoms with van der Waals surface area (Å²) in [6.45, 7) is 6.58. The molecule has 5 rings (SSSR count). The summed E-state index contributed by atoms with van der Waals surface area (Å²) in [6, 6.07) is 19.3. The number of aromatic nitrogens is 3. The van der Waals surface area contributed by atoms with Gasteiger partial charge in [-0.3, -0.25) is 9.36 Å². The number of hydrogen-bond donors (Lipinski definition) is 0. The average Bonchev–Trinajstić information content (AvgIpc) is 3.62. The molecule has 8 nitrogen and oxygen atoms in total. The maximum absolute atomic E-state index is 13.1. The second-order valence-electron chi connectivity index (χ2n) is 8.53. The molecule has 1 aliphatic heterocycles. The number of benzene rings is 2. The summed E-state index contributed by atoms with van der Waals surface area (Å²) in [6.07, 6.45) is 1.62. The first-order chi connectivity index (χ1) is 17.7. The molecule has 9 heteroatoms. The molecule has 3 heterocycles. The van der Waals surface area contributed by atoms with Crippen molar-refractivity contribution in [2.24, 2.45) is 0 Å². The SMILES string of the molecule is CCN1CCN(C(=O)c2cccc(CSc3nnc(-c4ccco4)n3-c3ccc(OC)cc3)c2)CC1. The number of thioether (sulfide) groups is 1. The maximum atomic E-state index is 13.1. The van der Waals surface area contributed by atoms with Gasteiger partial charge < -0.3 is 19.0 Å². The fraction of sp³-hybridized carbons (Fsp3) is 0.296. The molecule has 0 radical (unpaired) electrons. The third kappa shape index (κ3) is 5.17. The van der Waals surface area contributed by atoms with E-state index in [0.717, 1.165) is 60.4 Å². The number of likely N-dealkylation sites (N-methyl/N-ethyl adjacent to an activating group) is 1. The van der Waals surface area contributed by atoms with E-state index in [1.54, 1.807) is 25.1 Å². The van der Waals surface area contributed by atoms with Crippen molar-refractivity contribution >= 4 is 17.7 Å². The number of amides is 1. The summed E-state index contributed by atoms with van der Waals surface area (Å²) in [5.41, 5.74) is 2.69. The zero-order valence-corrected chi connectivity index (χ0v) is 21.3. The maximum Gasteiger partial charge on any atom is 0.253 e. The van der Waals surface area contributed by atoms with E-state index in [1.165, 1.54) is 0 Å². The molecule has 1 saturated heterocycles. The number of methoxy groups -OCH3 is 1. The highest BCUT2D eigenvalue weighted by atomic mass is 32.2. The lowest BCUT2D eigenvalue weighted by Crippen LogP contribution is -2.48. The highest BCUT2D eigenvalue weighted by molar-refractivity contribution is 7.98. The fourth-order valence-corrected chi connectivity index (χ4v) is 5.18. The second kappa shape index (κ2) is 11.0. The van der Waals surface area contributed by atoms with Crippen LogP contribution in [0.2, 0.25) is 0 Å². The lowest BCUT2D eigenvalue weighted by atomic mass is 10.1. The quantitative estimate of drug-likeness (QED) is 0.325. The van der Waals surface area contributed by atoms with Gasteiger partial charge in [-0.1, -0.05) is 30.8 Å². The summed E-state index contributed by atoms with van der Waals surface area (Å²) in [5, 5.41) is 9.60. The van der Waals surface area contributed by atoms with E-state index in [0.29, 0.717) is 17.3 Å². The average molecular weight is 504 g/mol. The van der Waals surface area contributed by atoms with Crippen molar-refractivity contribution in [2.45, 2.75) is 17.8 Å². The minimum Gasteiger partial charge on any atom is -0.497 e. The van der Waals surface area contributed by atoms with Gasteiger partial charge in [0.2, 0.25) is 5.82 Å². The third-order valence-electron chi connectivity index (χ3n) is 6.35. The monoisotopic (exact) mass is 503 g/mol. The number of ether oxygens (including phenoxy) is 1. The Bertz CT molecular complexity index is 1300. The molecule has 186 valence electrons. The summed E-state index contributed by atoms with van der Waals surface area (Å²) >= 11 is 1.57. The zero-order valence-electron chi connectivity index (χ0n) is 20.5. The van der Waals surface area contributed by atoms with Crippen LogP contribution in [0, 0.1) is 0 Å². The molecule has 2 aromatic heterocycles. The Labute approximate surface area is 214 Å². The van der Waals surface area contributed by atoms with Crippen molar-refractivity contribution in [2.75, 3.05) is 39.8 Å². The van der Waals surface area contributed by atoms with Crippen molar-refractivity contribution in [3.63, 3.8) is 0 Å². The van der Waals surface area contributed by atoms with E-state index in [-0.39, 0.29) is 5.91 Å². The first kappa shape index (κ1) is 24.1. The van der Waals surface area contributed by atoms with E-state index in [4.69, 9.17) is 9.15 Å². The minimum absolute atomic E-state index is 0.0964. The van der Waals surface area contributed by atoms with Gasteiger partial charge in [-0.25, -0.2) is 0 Å². The van der Waals surface area contributed by atoms with Crippen molar-refractivity contribution in [3.05, 3.63) is 78.1 Å². The molecule has 4 aromatic rings. The molecular formula is C27H29N5O3S. The number of nitrogens with zero attached hydrogens (tertiary/aromatic N) is 5. The molecule has 0 unspecified atom stereocenters. The predicted octanol–water partition coefficient (Wildman–Crippen LogP) is 4.61. The number of carbonyl (C=O) groups is 1. The molecule has 0 aliphatic carbocycles. The summed E-state index contributed by atoms with van der Waals surface area (Å²) in [4.78, 5) is 17.4. The van der Waals surface area contributed by atoms with Gasteiger partial charge in [0.05, 0.1) is 19.1 Å². The van der Waals surface area contributed by atoms with E-state index < -0.39 is 0 Å². The van der Waals surface area contributed by atoms with Crippen molar-refractivity contribution in [3.8, 4) is 23.0 Å². The van der Waals surface area contributed by atoms with Gasteiger partial charge in [-0.05, 0) is 60.6 Å². The number of piperazine rings is 1. The summed E-state index contributed by atoms with van der Waals surface area (Å²) < 4.78 is 12.9. The van der Waals surface area contributed by atoms with Crippen LogP contribution in [0.25, 0.3) is 17.3 Å². The lowest BCUT2D eigenvalue weighted by Gasteiger charge is -2.34. The molecule has 0 atom stereocenters. The Morgan fingerprint density at radius 1 is 1.03 bits per heavy atom. The summed E-state index contributed by atoms with van der Waals surface area (Å²) in [5.74, 6) is 2.79. The van der Waals surface area contributed by atoms with Crippen LogP contribution >= 0.6 is 11.8 Å². The minimum atomic E-state index is 0.0964. The Morgan fingerprint density at radius 3 is 2.53 bits per heavy atom. The van der Waals surface area contributed by atoms with Crippen molar-refractivity contribution < 1.29 is 13.9 Å². The molecule has 1 aliphatic rings. The fourth-order valence-electron chi connectivity index (χ4n) is 4.28. The molecule has 0 spiro atoms. The zero-order chi connectivity index (χ0) is 24.9. The van der Waals surface area contributed by atoms with Crippen molar-refractivity contribution in [1.82, 2.24) is 24.6 Å². The van der Waals surface area contributed by atoms with Gasteiger partial charge in [0.1, 0.15) is 5.75 Å². The molecule has 0 bridgehead atoms. The van der Waals surface area contributed by atoms with Crippen LogP contribution < -0.4 is 4.74 Å². The normalized spacial score (nSPS) is 14.2. The van der Waals surface area contributed by atoms with E-state index in [9.17, 15) is 4.79 Å². The van der Waals surface area contributed by atoms with Crippen LogP contribution in [-0.2, 0) is 5.75 Å². The predicted molar refractivity (Wildman–Crippen MR) is 140 cm³/mol. The highest BCUT2D eigenvalue weighted by Gasteiger charge is 2.22. The first-order valence-electron chi connectivity index (χ1n) is 12.0. The third-order valence-corrected chi connectivity index (χ3v) is 7.35. The van der Waals surface area contributed by atoms with Gasteiger partial charge in [-0.15, -0.1) is 10.2 Å². The molecular weight excluding hydrogens is 474 g/mol. The topological polar surface area (TPSA) is 76.6 Å². The largest absolute Gasteiger partial charge is 0.497 e. The van der Waals surface area contributed by atoms with Crippen LogP contribution in [0.5, 0.6) is 5.75 Å². The van der Waals surface area contributed by atoms with E-state index in [1.807, 2.05) is 70.1 Å². The Balaban J connectivity index is 1.35. The van der Waals surface area contributed by atoms with Crippen LogP contribution in [-0.4, -0.2) is 70.3 Å². The first-order valence-corrected chi connectivity index (χ1v) is 13.0. The van der Waals surface area contributed by atoms with E-state index >= 15 is 0 Å². The Hall–Kier alpha value is -3.56. The number of carbonyl (C=O) groups excluding carboxylic acids is 1. The second-order valence-corrected chi connectivity index (χ2v) is 9.47. The molecule has 0 N–H and O–H groups in total. The number of rotatable bonds is 8. The number of hydrogen-bond acceptors (Lipinski definition) is 7. The smallest absolute Gasteiger partial charge is 0.253 e. The number of furan rings is 1. The van der Waals surface area contributed by atoms with Gasteiger partial charge in [-0.2, -0.15) is 0 Å². The van der Waals surface area contributed by atoms with Crippen LogP contribution in [0.4, 0.5) is 0 Å². The van der Waals surface area contributed by atoms with Gasteiger partial charge in [0.15, 0.2) is 10.9 Å². The molecule has 2 aromatic carbocycles. The van der Waals surface area contributed by atoms with Gasteiger partial charge >= 0.3 is 0 Å². The van der Waals surface area contributed by atoms with Crippen LogP contribution in [0.15, 0.2) is 76.5 Å². The Morgan fingerprint density at radius 2 is 1.83 bits per heavy atom. The van der Waals surface area contributed by atoms with Gasteiger partial charge in [0, 0.05) is 37.5 Å². The molecule has 36 heavy (non-hydrogen) atoms. The van der Waals surface area contributed by atoms with Crippen molar-refractivity contribution in [1.29, 1.82) is 0 Å². The summed E-state index contributed by atoms with van der Waals surface area (Å²) in [7, 11) is 1.65.